The van der Waals surface area contributed by atoms with Gasteiger partial charge in [0.05, 0.1) is 5.69 Å². The van der Waals surface area contributed by atoms with Gasteiger partial charge in [-0.3, -0.25) is 0 Å². The van der Waals surface area contributed by atoms with Gasteiger partial charge in [-0.25, -0.2) is 9.97 Å². The number of ether oxygens (including phenoxy) is 1. The molecule has 0 radical (unpaired) electrons. The number of hydrogen-bond acceptors (Lipinski definition) is 3. The van der Waals surface area contributed by atoms with Crippen LogP contribution in [-0.2, 0) is 0 Å². The van der Waals surface area contributed by atoms with Crippen LogP contribution in [0.5, 0.6) is 11.5 Å². The molecule has 3 rings (SSSR count). The van der Waals surface area contributed by atoms with E-state index >= 15 is 0 Å². The van der Waals surface area contributed by atoms with Crippen molar-refractivity contribution in [3.8, 4) is 22.8 Å². The maximum absolute atomic E-state index is 5.75. The zero-order chi connectivity index (χ0) is 13.8. The molecule has 1 heterocycles. The largest absolute Gasteiger partial charge is 0.457 e. The van der Waals surface area contributed by atoms with Gasteiger partial charge in [0.15, 0.2) is 4.73 Å². The molecule has 0 unspecified atom stereocenters. The smallest absolute Gasteiger partial charge is 0.197 e. The van der Waals surface area contributed by atoms with E-state index in [1.54, 1.807) is 6.20 Å². The van der Waals surface area contributed by atoms with Crippen molar-refractivity contribution in [1.82, 2.24) is 9.97 Å². The molecule has 1 aromatic heterocycles. The summed E-state index contributed by atoms with van der Waals surface area (Å²) in [6.45, 7) is 0. The average molecular weight is 327 g/mol. The summed E-state index contributed by atoms with van der Waals surface area (Å²) < 4.78 is 6.33. The average Bonchev–Trinajstić information content (AvgIpc) is 2.49. The van der Waals surface area contributed by atoms with Crippen molar-refractivity contribution in [2.24, 2.45) is 0 Å². The Morgan fingerprint density at radius 1 is 0.800 bits per heavy atom. The molecule has 0 fully saturated rings. The topological polar surface area (TPSA) is 35.0 Å². The minimum atomic E-state index is 0.583. The molecule has 4 heteroatoms. The number of nitrogens with zero attached hydrogens (tertiary/aromatic N) is 2. The first-order valence-corrected chi connectivity index (χ1v) is 6.92. The highest BCUT2D eigenvalue weighted by Crippen LogP contribution is 2.25. The minimum absolute atomic E-state index is 0.583. The molecule has 20 heavy (non-hydrogen) atoms. The van der Waals surface area contributed by atoms with Crippen LogP contribution < -0.4 is 4.74 Å². The number of aromatic nitrogens is 2. The number of halogens is 1. The van der Waals surface area contributed by atoms with Gasteiger partial charge in [-0.1, -0.05) is 18.2 Å². The molecular weight excluding hydrogens is 316 g/mol. The van der Waals surface area contributed by atoms with Crippen molar-refractivity contribution in [1.29, 1.82) is 0 Å². The normalized spacial score (nSPS) is 10.2. The van der Waals surface area contributed by atoms with Crippen molar-refractivity contribution in [2.75, 3.05) is 0 Å². The second-order valence-corrected chi connectivity index (χ2v) is 4.86. The lowest BCUT2D eigenvalue weighted by Gasteiger charge is -2.06. The Balaban J connectivity index is 1.81. The minimum Gasteiger partial charge on any atom is -0.457 e. The molecule has 0 saturated carbocycles. The Morgan fingerprint density at radius 3 is 2.20 bits per heavy atom. The summed E-state index contributed by atoms with van der Waals surface area (Å²) in [7, 11) is 0. The predicted molar refractivity (Wildman–Crippen MR) is 81.7 cm³/mol. The molecule has 0 bridgehead atoms. The zero-order valence-corrected chi connectivity index (χ0v) is 12.1. The second kappa shape index (κ2) is 5.84. The van der Waals surface area contributed by atoms with E-state index in [4.69, 9.17) is 4.74 Å². The van der Waals surface area contributed by atoms with Crippen molar-refractivity contribution in [3.05, 3.63) is 71.6 Å². The molecule has 3 aromatic rings. The van der Waals surface area contributed by atoms with Gasteiger partial charge in [0.2, 0.25) is 0 Å². The van der Waals surface area contributed by atoms with E-state index in [1.807, 2.05) is 60.7 Å². The van der Waals surface area contributed by atoms with Gasteiger partial charge in [-0.15, -0.1) is 0 Å². The summed E-state index contributed by atoms with van der Waals surface area (Å²) in [5.41, 5.74) is 1.90. The van der Waals surface area contributed by atoms with Crippen LogP contribution in [0.25, 0.3) is 11.3 Å². The Hall–Kier alpha value is -2.20. The molecule has 3 nitrogen and oxygen atoms in total. The lowest BCUT2D eigenvalue weighted by molar-refractivity contribution is 0.483. The van der Waals surface area contributed by atoms with Crippen LogP contribution in [-0.4, -0.2) is 9.97 Å². The quantitative estimate of drug-likeness (QED) is 0.654. The molecule has 0 amide bonds. The fraction of sp³-hybridized carbons (Fsp3) is 0. The molecule has 0 N–H and O–H groups in total. The number of rotatable bonds is 3. The molecule has 0 aliphatic heterocycles. The molecular formula is C16H11BrN2O. The van der Waals surface area contributed by atoms with E-state index in [0.29, 0.717) is 4.73 Å². The fourth-order valence-corrected chi connectivity index (χ4v) is 2.12. The van der Waals surface area contributed by atoms with Gasteiger partial charge in [-0.05, 0) is 58.4 Å². The first-order chi connectivity index (χ1) is 9.81. The summed E-state index contributed by atoms with van der Waals surface area (Å²) in [5, 5.41) is 0. The van der Waals surface area contributed by atoms with Gasteiger partial charge in [-0.2, -0.15) is 0 Å². The van der Waals surface area contributed by atoms with E-state index in [-0.39, 0.29) is 0 Å². The zero-order valence-electron chi connectivity index (χ0n) is 10.5. The highest BCUT2D eigenvalue weighted by atomic mass is 79.9. The first-order valence-electron chi connectivity index (χ1n) is 6.13. The van der Waals surface area contributed by atoms with Crippen molar-refractivity contribution in [2.45, 2.75) is 0 Å². The molecule has 98 valence electrons. The van der Waals surface area contributed by atoms with Crippen molar-refractivity contribution < 1.29 is 4.74 Å². The summed E-state index contributed by atoms with van der Waals surface area (Å²) in [6.07, 6.45) is 1.72. The lowest BCUT2D eigenvalue weighted by Crippen LogP contribution is -1.87. The third-order valence-corrected chi connectivity index (χ3v) is 3.14. The maximum Gasteiger partial charge on any atom is 0.197 e. The van der Waals surface area contributed by atoms with Crippen LogP contribution >= 0.6 is 15.9 Å². The third-order valence-electron chi connectivity index (χ3n) is 2.76. The standard InChI is InChI=1S/C16H11BrN2O/c17-16-18-11-10-15(19-16)12-6-8-14(9-7-12)20-13-4-2-1-3-5-13/h1-11H. The molecule has 0 saturated heterocycles. The van der Waals surface area contributed by atoms with Crippen LogP contribution in [0.4, 0.5) is 0 Å². The highest BCUT2D eigenvalue weighted by Gasteiger charge is 2.02. The molecule has 0 spiro atoms. The summed E-state index contributed by atoms with van der Waals surface area (Å²) in [4.78, 5) is 8.34. The predicted octanol–water partition coefficient (Wildman–Crippen LogP) is 4.70. The molecule has 0 aliphatic rings. The van der Waals surface area contributed by atoms with E-state index in [2.05, 4.69) is 25.9 Å². The van der Waals surface area contributed by atoms with Crippen LogP contribution in [0.15, 0.2) is 71.6 Å². The van der Waals surface area contributed by atoms with E-state index in [1.165, 1.54) is 0 Å². The summed E-state index contributed by atoms with van der Waals surface area (Å²) in [5.74, 6) is 1.62. The van der Waals surface area contributed by atoms with Gasteiger partial charge >= 0.3 is 0 Å². The Labute approximate surface area is 125 Å². The van der Waals surface area contributed by atoms with E-state index < -0.39 is 0 Å². The molecule has 2 aromatic carbocycles. The van der Waals surface area contributed by atoms with Gasteiger partial charge in [0.25, 0.3) is 0 Å². The van der Waals surface area contributed by atoms with E-state index in [9.17, 15) is 0 Å². The SMILES string of the molecule is Brc1nccc(-c2ccc(Oc3ccccc3)cc2)n1. The highest BCUT2D eigenvalue weighted by molar-refractivity contribution is 9.10. The van der Waals surface area contributed by atoms with E-state index in [0.717, 1.165) is 22.8 Å². The van der Waals surface area contributed by atoms with Gasteiger partial charge in [0.1, 0.15) is 11.5 Å². The van der Waals surface area contributed by atoms with Crippen LogP contribution in [0.1, 0.15) is 0 Å². The van der Waals surface area contributed by atoms with Crippen LogP contribution in [0.2, 0.25) is 0 Å². The van der Waals surface area contributed by atoms with Gasteiger partial charge in [0, 0.05) is 11.8 Å². The third kappa shape index (κ3) is 3.03. The fourth-order valence-electron chi connectivity index (χ4n) is 1.81. The number of hydrogen-bond donors (Lipinski definition) is 0. The Bertz CT molecular complexity index is 699. The van der Waals surface area contributed by atoms with Crippen molar-refractivity contribution >= 4 is 15.9 Å². The Kier molecular flexibility index (Phi) is 3.74. The number of para-hydroxylation sites is 1. The second-order valence-electron chi connectivity index (χ2n) is 4.15. The molecule has 0 aliphatic carbocycles. The Morgan fingerprint density at radius 2 is 1.50 bits per heavy atom. The van der Waals surface area contributed by atoms with Crippen LogP contribution in [0, 0.1) is 0 Å². The monoisotopic (exact) mass is 326 g/mol. The summed E-state index contributed by atoms with van der Waals surface area (Å²) >= 11 is 3.27. The van der Waals surface area contributed by atoms with Crippen molar-refractivity contribution in [3.63, 3.8) is 0 Å². The number of benzene rings is 2. The first kappa shape index (κ1) is 12.8. The summed E-state index contributed by atoms with van der Waals surface area (Å²) in [6, 6.07) is 19.4. The lowest BCUT2D eigenvalue weighted by atomic mass is 10.1. The molecule has 0 atom stereocenters. The van der Waals surface area contributed by atoms with Crippen LogP contribution in [0.3, 0.4) is 0 Å². The maximum atomic E-state index is 5.75. The van der Waals surface area contributed by atoms with Gasteiger partial charge < -0.3 is 4.74 Å².